The molecule has 1 saturated carbocycles. The molecule has 134 valence electrons. The molecular formula is C20H26N2O2S. The van der Waals surface area contributed by atoms with Crippen molar-refractivity contribution in [2.24, 2.45) is 0 Å². The summed E-state index contributed by atoms with van der Waals surface area (Å²) in [6, 6.07) is 15.0. The number of aryl methyl sites for hydroxylation is 1. The highest BCUT2D eigenvalue weighted by atomic mass is 32.2. The van der Waals surface area contributed by atoms with E-state index in [2.05, 4.69) is 10.0 Å². The molecule has 0 heterocycles. The van der Waals surface area contributed by atoms with Crippen molar-refractivity contribution in [1.29, 1.82) is 0 Å². The van der Waals surface area contributed by atoms with Crippen LogP contribution in [-0.2, 0) is 16.4 Å². The minimum absolute atomic E-state index is 0.286. The molecule has 0 saturated heterocycles. The molecule has 2 N–H and O–H groups in total. The summed E-state index contributed by atoms with van der Waals surface area (Å²) in [6.45, 7) is 2.05. The Labute approximate surface area is 150 Å². The number of benzene rings is 2. The summed E-state index contributed by atoms with van der Waals surface area (Å²) in [7, 11) is -3.55. The summed E-state index contributed by atoms with van der Waals surface area (Å²) in [5, 5.41) is 3.54. The summed E-state index contributed by atoms with van der Waals surface area (Å²) in [5.41, 5.74) is 2.74. The van der Waals surface area contributed by atoms with Crippen LogP contribution >= 0.6 is 0 Å². The van der Waals surface area contributed by atoms with Gasteiger partial charge in [0.05, 0.1) is 4.90 Å². The van der Waals surface area contributed by atoms with Gasteiger partial charge in [0.15, 0.2) is 0 Å². The van der Waals surface area contributed by atoms with Gasteiger partial charge in [-0.15, -0.1) is 0 Å². The third kappa shape index (κ3) is 4.75. The average molecular weight is 359 g/mol. The van der Waals surface area contributed by atoms with Crippen LogP contribution in [0.1, 0.15) is 44.6 Å². The molecule has 0 atom stereocenters. The van der Waals surface area contributed by atoms with E-state index in [1.807, 2.05) is 43.3 Å². The molecule has 5 heteroatoms. The fourth-order valence-corrected chi connectivity index (χ4v) is 4.29. The first-order valence-electron chi connectivity index (χ1n) is 9.05. The Morgan fingerprint density at radius 3 is 2.08 bits per heavy atom. The molecular weight excluding hydrogens is 332 g/mol. The van der Waals surface area contributed by atoms with E-state index < -0.39 is 10.0 Å². The summed E-state index contributed by atoms with van der Waals surface area (Å²) < 4.78 is 27.6. The van der Waals surface area contributed by atoms with Gasteiger partial charge in [-0.2, -0.15) is 0 Å². The molecule has 0 aliphatic heterocycles. The quantitative estimate of drug-likeness (QED) is 0.780. The number of hydrogen-bond donors (Lipinski definition) is 2. The van der Waals surface area contributed by atoms with Crippen molar-refractivity contribution in [2.45, 2.75) is 56.4 Å². The SMILES string of the molecule is CCc1ccc(S(=O)(=O)Nc2ccc(NC3CCCCC3)cc2)cc1. The van der Waals surface area contributed by atoms with Gasteiger partial charge < -0.3 is 5.32 Å². The predicted octanol–water partition coefficient (Wildman–Crippen LogP) is 4.79. The van der Waals surface area contributed by atoms with Crippen molar-refractivity contribution in [3.63, 3.8) is 0 Å². The molecule has 4 nitrogen and oxygen atoms in total. The maximum atomic E-state index is 12.5. The first-order chi connectivity index (χ1) is 12.1. The number of sulfonamides is 1. The Balaban J connectivity index is 1.65. The Bertz CT molecular complexity index is 777. The van der Waals surface area contributed by atoms with Crippen molar-refractivity contribution in [3.05, 3.63) is 54.1 Å². The van der Waals surface area contributed by atoms with E-state index in [1.54, 1.807) is 12.1 Å². The molecule has 1 aliphatic rings. The van der Waals surface area contributed by atoms with Crippen LogP contribution in [0.4, 0.5) is 11.4 Å². The van der Waals surface area contributed by atoms with Crippen LogP contribution in [-0.4, -0.2) is 14.5 Å². The number of rotatable bonds is 6. The molecule has 1 fully saturated rings. The van der Waals surface area contributed by atoms with Crippen LogP contribution in [0.3, 0.4) is 0 Å². The lowest BCUT2D eigenvalue weighted by Crippen LogP contribution is -2.22. The van der Waals surface area contributed by atoms with Gasteiger partial charge in [0.1, 0.15) is 0 Å². The Morgan fingerprint density at radius 1 is 0.880 bits per heavy atom. The van der Waals surface area contributed by atoms with Gasteiger partial charge in [0.25, 0.3) is 10.0 Å². The second-order valence-electron chi connectivity index (χ2n) is 6.66. The standard InChI is InChI=1S/C20H26N2O2S/c1-2-16-8-14-20(15-9-16)25(23,24)22-19-12-10-18(11-13-19)21-17-6-4-3-5-7-17/h8-15,17,21-22H,2-7H2,1H3. The predicted molar refractivity (Wildman–Crippen MR) is 104 cm³/mol. The summed E-state index contributed by atoms with van der Waals surface area (Å²) in [6.07, 6.45) is 7.21. The van der Waals surface area contributed by atoms with Crippen LogP contribution in [0.2, 0.25) is 0 Å². The van der Waals surface area contributed by atoms with Crippen LogP contribution in [0.15, 0.2) is 53.4 Å². The Hall–Kier alpha value is -2.01. The van der Waals surface area contributed by atoms with Gasteiger partial charge in [-0.3, -0.25) is 4.72 Å². The lowest BCUT2D eigenvalue weighted by Gasteiger charge is -2.24. The van der Waals surface area contributed by atoms with Crippen molar-refractivity contribution in [1.82, 2.24) is 0 Å². The van der Waals surface area contributed by atoms with E-state index in [9.17, 15) is 8.42 Å². The topological polar surface area (TPSA) is 58.2 Å². The number of anilines is 2. The van der Waals surface area contributed by atoms with Crippen LogP contribution < -0.4 is 10.0 Å². The van der Waals surface area contributed by atoms with Gasteiger partial charge in [0, 0.05) is 17.4 Å². The zero-order valence-electron chi connectivity index (χ0n) is 14.7. The highest BCUT2D eigenvalue weighted by Crippen LogP contribution is 2.23. The van der Waals surface area contributed by atoms with Crippen molar-refractivity contribution in [2.75, 3.05) is 10.0 Å². The van der Waals surface area contributed by atoms with E-state index in [0.717, 1.165) is 17.7 Å². The minimum Gasteiger partial charge on any atom is -0.382 e. The third-order valence-corrected chi connectivity index (χ3v) is 6.15. The lowest BCUT2D eigenvalue weighted by atomic mass is 9.95. The second kappa shape index (κ2) is 7.91. The first kappa shape index (κ1) is 17.8. The van der Waals surface area contributed by atoms with E-state index >= 15 is 0 Å². The normalized spacial score (nSPS) is 15.7. The molecule has 3 rings (SSSR count). The molecule has 0 amide bonds. The Morgan fingerprint density at radius 2 is 1.48 bits per heavy atom. The van der Waals surface area contributed by atoms with Gasteiger partial charge in [-0.25, -0.2) is 8.42 Å². The maximum absolute atomic E-state index is 12.5. The lowest BCUT2D eigenvalue weighted by molar-refractivity contribution is 0.463. The van der Waals surface area contributed by atoms with E-state index in [4.69, 9.17) is 0 Å². The fourth-order valence-electron chi connectivity index (χ4n) is 3.24. The van der Waals surface area contributed by atoms with Crippen molar-refractivity contribution < 1.29 is 8.42 Å². The first-order valence-corrected chi connectivity index (χ1v) is 10.5. The van der Waals surface area contributed by atoms with Gasteiger partial charge >= 0.3 is 0 Å². The number of hydrogen-bond acceptors (Lipinski definition) is 3. The molecule has 0 bridgehead atoms. The summed E-state index contributed by atoms with van der Waals surface area (Å²) in [5.74, 6) is 0. The Kier molecular flexibility index (Phi) is 5.63. The fraction of sp³-hybridized carbons (Fsp3) is 0.400. The van der Waals surface area contributed by atoms with Gasteiger partial charge in [-0.1, -0.05) is 38.3 Å². The van der Waals surface area contributed by atoms with Crippen LogP contribution in [0.25, 0.3) is 0 Å². The van der Waals surface area contributed by atoms with E-state index in [0.29, 0.717) is 11.7 Å². The van der Waals surface area contributed by atoms with E-state index in [-0.39, 0.29) is 4.90 Å². The van der Waals surface area contributed by atoms with Crippen molar-refractivity contribution >= 4 is 21.4 Å². The molecule has 2 aromatic rings. The second-order valence-corrected chi connectivity index (χ2v) is 8.34. The highest BCUT2D eigenvalue weighted by Gasteiger charge is 2.15. The molecule has 0 radical (unpaired) electrons. The average Bonchev–Trinajstić information content (AvgIpc) is 2.64. The zero-order valence-corrected chi connectivity index (χ0v) is 15.5. The molecule has 0 unspecified atom stereocenters. The molecule has 2 aromatic carbocycles. The highest BCUT2D eigenvalue weighted by molar-refractivity contribution is 7.92. The third-order valence-electron chi connectivity index (χ3n) is 4.75. The smallest absolute Gasteiger partial charge is 0.261 e. The van der Waals surface area contributed by atoms with Crippen LogP contribution in [0, 0.1) is 0 Å². The molecule has 1 aliphatic carbocycles. The van der Waals surface area contributed by atoms with Crippen LogP contribution in [0.5, 0.6) is 0 Å². The van der Waals surface area contributed by atoms with E-state index in [1.165, 1.54) is 32.1 Å². The maximum Gasteiger partial charge on any atom is 0.261 e. The molecule has 0 aromatic heterocycles. The van der Waals surface area contributed by atoms with Gasteiger partial charge in [-0.05, 0) is 61.2 Å². The summed E-state index contributed by atoms with van der Waals surface area (Å²) >= 11 is 0. The van der Waals surface area contributed by atoms with Crippen molar-refractivity contribution in [3.8, 4) is 0 Å². The minimum atomic E-state index is -3.55. The largest absolute Gasteiger partial charge is 0.382 e. The molecule has 0 spiro atoms. The molecule has 25 heavy (non-hydrogen) atoms. The summed E-state index contributed by atoms with van der Waals surface area (Å²) in [4.78, 5) is 0.286. The van der Waals surface area contributed by atoms with Gasteiger partial charge in [0.2, 0.25) is 0 Å². The zero-order chi connectivity index (χ0) is 17.7. The monoisotopic (exact) mass is 358 g/mol. The number of nitrogens with one attached hydrogen (secondary N) is 2.